The van der Waals surface area contributed by atoms with Gasteiger partial charge in [-0.25, -0.2) is 0 Å². The van der Waals surface area contributed by atoms with E-state index in [0.717, 1.165) is 25.7 Å². The highest BCUT2D eigenvalue weighted by Crippen LogP contribution is 2.15. The number of Topliss-reactive ketones (excluding diaryl/α,β-unsaturated/α-hetero) is 1. The maximum Gasteiger partial charge on any atom is 0.132 e. The van der Waals surface area contributed by atoms with Crippen LogP contribution in [0, 0.1) is 0 Å². The Labute approximate surface area is 113 Å². The lowest BCUT2D eigenvalue weighted by atomic mass is 10.0. The van der Waals surface area contributed by atoms with E-state index in [1.165, 1.54) is 57.8 Å². The number of hydrogen-bond acceptors (Lipinski definition) is 1. The highest BCUT2D eigenvalue weighted by atomic mass is 16.1. The average molecular weight is 250 g/mol. The summed E-state index contributed by atoms with van der Waals surface area (Å²) < 4.78 is 0. The summed E-state index contributed by atoms with van der Waals surface area (Å²) in [4.78, 5) is 11.6. The summed E-state index contributed by atoms with van der Waals surface area (Å²) in [7, 11) is 0. The Morgan fingerprint density at radius 3 is 1.89 bits per heavy atom. The molecular formula is C17H30O. The molecule has 1 heteroatoms. The first kappa shape index (κ1) is 15.5. The standard InChI is InChI=1S/C17H30O/c1-16-12-8-4-2-6-10-14-17(18)15-11-7-3-5-9-13-16/h12H,2-11,13-15H2,1H3. The van der Waals surface area contributed by atoms with Crippen molar-refractivity contribution >= 4 is 5.78 Å². The summed E-state index contributed by atoms with van der Waals surface area (Å²) in [5, 5.41) is 0. The molecule has 0 N–H and O–H groups in total. The Kier molecular flexibility index (Phi) is 8.89. The van der Waals surface area contributed by atoms with E-state index in [0.29, 0.717) is 5.78 Å². The minimum absolute atomic E-state index is 0.498. The van der Waals surface area contributed by atoms with Gasteiger partial charge in [-0.3, -0.25) is 4.79 Å². The molecule has 0 aromatic carbocycles. The van der Waals surface area contributed by atoms with Crippen molar-refractivity contribution in [3.05, 3.63) is 11.6 Å². The van der Waals surface area contributed by atoms with Gasteiger partial charge in [-0.2, -0.15) is 0 Å². The maximum absolute atomic E-state index is 11.6. The molecule has 1 aliphatic carbocycles. The molecule has 0 radical (unpaired) electrons. The van der Waals surface area contributed by atoms with E-state index in [9.17, 15) is 4.79 Å². The molecule has 0 fully saturated rings. The largest absolute Gasteiger partial charge is 0.300 e. The summed E-state index contributed by atoms with van der Waals surface area (Å²) in [5.41, 5.74) is 1.58. The van der Waals surface area contributed by atoms with Gasteiger partial charge in [-0.15, -0.1) is 0 Å². The van der Waals surface area contributed by atoms with Crippen molar-refractivity contribution in [2.75, 3.05) is 0 Å². The van der Waals surface area contributed by atoms with Crippen LogP contribution in [-0.4, -0.2) is 5.78 Å². The van der Waals surface area contributed by atoms with E-state index in [4.69, 9.17) is 0 Å². The monoisotopic (exact) mass is 250 g/mol. The van der Waals surface area contributed by atoms with Crippen LogP contribution in [0.5, 0.6) is 0 Å². The molecule has 0 bridgehead atoms. The van der Waals surface area contributed by atoms with Gasteiger partial charge < -0.3 is 0 Å². The lowest BCUT2D eigenvalue weighted by Gasteiger charge is -2.05. The molecule has 0 saturated carbocycles. The van der Waals surface area contributed by atoms with Crippen molar-refractivity contribution in [2.45, 2.75) is 90.4 Å². The highest BCUT2D eigenvalue weighted by Gasteiger charge is 2.02. The lowest BCUT2D eigenvalue weighted by molar-refractivity contribution is -0.119. The minimum Gasteiger partial charge on any atom is -0.300 e. The normalized spacial score (nSPS) is 22.5. The third-order valence-electron chi connectivity index (χ3n) is 3.93. The van der Waals surface area contributed by atoms with E-state index in [2.05, 4.69) is 13.0 Å². The molecule has 104 valence electrons. The van der Waals surface area contributed by atoms with Gasteiger partial charge in [0.2, 0.25) is 0 Å². The Morgan fingerprint density at radius 1 is 0.722 bits per heavy atom. The highest BCUT2D eigenvalue weighted by molar-refractivity contribution is 5.78. The molecule has 0 atom stereocenters. The second-order valence-corrected chi connectivity index (χ2v) is 5.81. The van der Waals surface area contributed by atoms with Crippen molar-refractivity contribution in [3.8, 4) is 0 Å². The van der Waals surface area contributed by atoms with Crippen LogP contribution in [0.15, 0.2) is 11.6 Å². The first-order valence-corrected chi connectivity index (χ1v) is 7.96. The molecule has 1 aliphatic rings. The number of carbonyl (C=O) groups excluding carboxylic acids is 1. The van der Waals surface area contributed by atoms with Gasteiger partial charge in [-0.1, -0.05) is 43.8 Å². The molecule has 0 amide bonds. The summed E-state index contributed by atoms with van der Waals surface area (Å²) in [6.07, 6.45) is 17.9. The van der Waals surface area contributed by atoms with Crippen molar-refractivity contribution in [3.63, 3.8) is 0 Å². The van der Waals surface area contributed by atoms with Crippen LogP contribution < -0.4 is 0 Å². The molecule has 0 aliphatic heterocycles. The van der Waals surface area contributed by atoms with E-state index >= 15 is 0 Å². The van der Waals surface area contributed by atoms with Gasteiger partial charge in [0.1, 0.15) is 5.78 Å². The van der Waals surface area contributed by atoms with Gasteiger partial charge >= 0.3 is 0 Å². The zero-order valence-electron chi connectivity index (χ0n) is 12.2. The second-order valence-electron chi connectivity index (χ2n) is 5.81. The van der Waals surface area contributed by atoms with Crippen LogP contribution in [0.25, 0.3) is 0 Å². The molecule has 18 heavy (non-hydrogen) atoms. The Bertz CT molecular complexity index is 252. The first-order valence-electron chi connectivity index (χ1n) is 7.96. The number of hydrogen-bond donors (Lipinski definition) is 0. The Hall–Kier alpha value is -0.590. The molecule has 0 aromatic heterocycles. The quantitative estimate of drug-likeness (QED) is 0.512. The first-order chi connectivity index (χ1) is 8.79. The SMILES string of the molecule is CC1=CCCCCCCC(=O)CCCCCCC1. The van der Waals surface area contributed by atoms with Crippen molar-refractivity contribution in [1.29, 1.82) is 0 Å². The van der Waals surface area contributed by atoms with Crippen LogP contribution in [0.3, 0.4) is 0 Å². The van der Waals surface area contributed by atoms with Gasteiger partial charge in [0.05, 0.1) is 0 Å². The fraction of sp³-hybridized carbons (Fsp3) is 0.824. The van der Waals surface area contributed by atoms with Crippen molar-refractivity contribution in [2.24, 2.45) is 0 Å². The van der Waals surface area contributed by atoms with E-state index in [1.54, 1.807) is 5.57 Å². The zero-order chi connectivity index (χ0) is 13.1. The number of ketones is 1. The van der Waals surface area contributed by atoms with Crippen molar-refractivity contribution < 1.29 is 4.79 Å². The summed E-state index contributed by atoms with van der Waals surface area (Å²) in [6.45, 7) is 2.28. The number of carbonyl (C=O) groups is 1. The van der Waals surface area contributed by atoms with Gasteiger partial charge in [0.15, 0.2) is 0 Å². The zero-order valence-corrected chi connectivity index (χ0v) is 12.2. The van der Waals surface area contributed by atoms with Crippen LogP contribution in [-0.2, 0) is 4.79 Å². The molecular weight excluding hydrogens is 220 g/mol. The molecule has 1 rings (SSSR count). The van der Waals surface area contributed by atoms with Gasteiger partial charge in [0, 0.05) is 12.8 Å². The van der Waals surface area contributed by atoms with Gasteiger partial charge in [0.25, 0.3) is 0 Å². The predicted molar refractivity (Wildman–Crippen MR) is 78.8 cm³/mol. The van der Waals surface area contributed by atoms with Crippen LogP contribution in [0.2, 0.25) is 0 Å². The second kappa shape index (κ2) is 10.3. The molecule has 0 spiro atoms. The Balaban J connectivity index is 2.26. The molecule has 1 nitrogen and oxygen atoms in total. The molecule has 0 unspecified atom stereocenters. The van der Waals surface area contributed by atoms with Crippen LogP contribution >= 0.6 is 0 Å². The fourth-order valence-electron chi connectivity index (χ4n) is 2.65. The topological polar surface area (TPSA) is 17.1 Å². The average Bonchev–Trinajstić information content (AvgIpc) is 2.35. The molecule has 0 aromatic rings. The predicted octanol–water partition coefficient (Wildman–Crippen LogP) is 5.59. The summed E-state index contributed by atoms with van der Waals surface area (Å²) in [5.74, 6) is 0.498. The van der Waals surface area contributed by atoms with Crippen LogP contribution in [0.1, 0.15) is 90.4 Å². The molecule has 0 saturated heterocycles. The van der Waals surface area contributed by atoms with Crippen LogP contribution in [0.4, 0.5) is 0 Å². The van der Waals surface area contributed by atoms with E-state index in [1.807, 2.05) is 0 Å². The third-order valence-corrected chi connectivity index (χ3v) is 3.93. The van der Waals surface area contributed by atoms with Gasteiger partial charge in [-0.05, 0) is 45.4 Å². The third kappa shape index (κ3) is 8.49. The van der Waals surface area contributed by atoms with Crippen molar-refractivity contribution in [1.82, 2.24) is 0 Å². The van der Waals surface area contributed by atoms with E-state index in [-0.39, 0.29) is 0 Å². The summed E-state index contributed by atoms with van der Waals surface area (Å²) >= 11 is 0. The minimum atomic E-state index is 0.498. The van der Waals surface area contributed by atoms with E-state index < -0.39 is 0 Å². The fourth-order valence-corrected chi connectivity index (χ4v) is 2.65. The number of rotatable bonds is 0. The summed E-state index contributed by atoms with van der Waals surface area (Å²) in [6, 6.07) is 0. The lowest BCUT2D eigenvalue weighted by Crippen LogP contribution is -1.97. The maximum atomic E-state index is 11.6. The smallest absolute Gasteiger partial charge is 0.132 e. The number of allylic oxidation sites excluding steroid dienone is 2. The Morgan fingerprint density at radius 2 is 1.22 bits per heavy atom. The molecule has 0 heterocycles.